The van der Waals surface area contributed by atoms with Crippen LogP contribution in [0.3, 0.4) is 0 Å². The highest BCUT2D eigenvalue weighted by atomic mass is 35.5. The van der Waals surface area contributed by atoms with E-state index in [1.807, 2.05) is 31.2 Å². The number of carbonyl (C=O) groups is 2. The molecule has 3 rings (SSSR count). The van der Waals surface area contributed by atoms with Crippen LogP contribution in [0.5, 0.6) is 5.75 Å². The van der Waals surface area contributed by atoms with Crippen molar-refractivity contribution < 1.29 is 19.4 Å². The molecule has 0 saturated carbocycles. The Kier molecular flexibility index (Phi) is 5.98. The minimum absolute atomic E-state index is 0.196. The molecule has 0 saturated heterocycles. The average molecular weight is 422 g/mol. The number of amides is 1. The van der Waals surface area contributed by atoms with Gasteiger partial charge in [0.25, 0.3) is 5.91 Å². The summed E-state index contributed by atoms with van der Waals surface area (Å²) in [7, 11) is 0. The number of anilines is 1. The van der Waals surface area contributed by atoms with Gasteiger partial charge in [0.15, 0.2) is 5.60 Å². The molecule has 2 aromatic rings. The van der Waals surface area contributed by atoms with Crippen LogP contribution >= 0.6 is 23.2 Å². The van der Waals surface area contributed by atoms with Crippen molar-refractivity contribution in [2.24, 2.45) is 0 Å². The summed E-state index contributed by atoms with van der Waals surface area (Å²) in [4.78, 5) is 26.1. The van der Waals surface area contributed by atoms with E-state index in [0.29, 0.717) is 23.7 Å². The number of carbonyl (C=O) groups excluding carboxylic acids is 2. The van der Waals surface area contributed by atoms with Crippen molar-refractivity contribution in [1.29, 1.82) is 0 Å². The van der Waals surface area contributed by atoms with Crippen molar-refractivity contribution in [3.8, 4) is 5.75 Å². The molecular formula is C21H21Cl2NO4. The maximum Gasteiger partial charge on any atom is 0.264 e. The zero-order chi connectivity index (χ0) is 20.5. The molecule has 5 nitrogen and oxygen atoms in total. The fraction of sp³-hybridized carbons (Fsp3) is 0.333. The topological polar surface area (TPSA) is 66.8 Å². The third kappa shape index (κ3) is 3.75. The first-order valence-electron chi connectivity index (χ1n) is 8.96. The lowest BCUT2D eigenvalue weighted by atomic mass is 9.90. The SMILES string of the molecule is CC(=O)CC1(O)C(=O)N(CCCOc2ccccc2C)c2c(Cl)ccc(Cl)c21. The minimum atomic E-state index is -2.00. The van der Waals surface area contributed by atoms with Crippen molar-refractivity contribution in [1.82, 2.24) is 0 Å². The van der Waals surface area contributed by atoms with Gasteiger partial charge in [-0.2, -0.15) is 0 Å². The van der Waals surface area contributed by atoms with Gasteiger partial charge in [-0.1, -0.05) is 41.4 Å². The maximum absolute atomic E-state index is 13.0. The third-order valence-corrected chi connectivity index (χ3v) is 5.36. The Labute approximate surface area is 173 Å². The van der Waals surface area contributed by atoms with Crippen LogP contribution in [0.4, 0.5) is 5.69 Å². The predicted octanol–water partition coefficient (Wildman–Crippen LogP) is 4.28. The van der Waals surface area contributed by atoms with E-state index in [2.05, 4.69) is 0 Å². The normalized spacial score (nSPS) is 18.3. The Balaban J connectivity index is 1.80. The van der Waals surface area contributed by atoms with Gasteiger partial charge in [0, 0.05) is 23.6 Å². The second-order valence-corrected chi connectivity index (χ2v) is 7.73. The van der Waals surface area contributed by atoms with Crippen LogP contribution in [0.1, 0.15) is 30.9 Å². The second kappa shape index (κ2) is 8.11. The van der Waals surface area contributed by atoms with Crippen LogP contribution in [0.2, 0.25) is 10.0 Å². The van der Waals surface area contributed by atoms with Crippen molar-refractivity contribution in [3.05, 3.63) is 57.6 Å². The van der Waals surface area contributed by atoms with Crippen LogP contribution in [-0.2, 0) is 15.2 Å². The molecule has 0 aliphatic carbocycles. The molecule has 2 aromatic carbocycles. The molecule has 0 fully saturated rings. The Morgan fingerprint density at radius 2 is 1.86 bits per heavy atom. The van der Waals surface area contributed by atoms with Gasteiger partial charge in [-0.25, -0.2) is 0 Å². The summed E-state index contributed by atoms with van der Waals surface area (Å²) in [6.45, 7) is 3.94. The van der Waals surface area contributed by atoms with Gasteiger partial charge in [0.1, 0.15) is 11.5 Å². The van der Waals surface area contributed by atoms with Crippen LogP contribution in [-0.4, -0.2) is 29.9 Å². The molecule has 1 aliphatic rings. The lowest BCUT2D eigenvalue weighted by molar-refractivity contribution is -0.141. The second-order valence-electron chi connectivity index (χ2n) is 6.92. The van der Waals surface area contributed by atoms with Crippen LogP contribution in [0, 0.1) is 6.92 Å². The first-order chi connectivity index (χ1) is 13.3. The highest BCUT2D eigenvalue weighted by Crippen LogP contribution is 2.49. The number of para-hydroxylation sites is 1. The lowest BCUT2D eigenvalue weighted by Crippen LogP contribution is -2.42. The Morgan fingerprint density at radius 1 is 1.18 bits per heavy atom. The molecule has 0 aromatic heterocycles. The Bertz CT molecular complexity index is 931. The van der Waals surface area contributed by atoms with Gasteiger partial charge >= 0.3 is 0 Å². The van der Waals surface area contributed by atoms with E-state index in [9.17, 15) is 14.7 Å². The number of benzene rings is 2. The highest BCUT2D eigenvalue weighted by molar-refractivity contribution is 6.38. The predicted molar refractivity (Wildman–Crippen MR) is 109 cm³/mol. The summed E-state index contributed by atoms with van der Waals surface area (Å²) in [6, 6.07) is 10.8. The standard InChI is InChI=1S/C21H21Cl2NO4/c1-13-6-3-4-7-17(13)28-11-5-10-24-19-16(23)9-8-15(22)18(19)21(27,20(24)26)12-14(2)25/h3-4,6-9,27H,5,10-12H2,1-2H3. The number of halogens is 2. The summed E-state index contributed by atoms with van der Waals surface area (Å²) in [5.41, 5.74) is -0.420. The molecule has 1 atom stereocenters. The summed E-state index contributed by atoms with van der Waals surface area (Å²) >= 11 is 12.6. The number of ether oxygens (including phenoxy) is 1. The number of nitrogens with zero attached hydrogens (tertiary/aromatic N) is 1. The molecule has 0 radical (unpaired) electrons. The molecule has 1 N–H and O–H groups in total. The molecular weight excluding hydrogens is 401 g/mol. The molecule has 1 unspecified atom stereocenters. The third-order valence-electron chi connectivity index (χ3n) is 4.74. The summed E-state index contributed by atoms with van der Waals surface area (Å²) in [5, 5.41) is 11.5. The van der Waals surface area contributed by atoms with E-state index in [4.69, 9.17) is 27.9 Å². The number of aryl methyl sites for hydroxylation is 1. The van der Waals surface area contributed by atoms with E-state index >= 15 is 0 Å². The first kappa shape index (κ1) is 20.6. The number of hydrogen-bond acceptors (Lipinski definition) is 4. The zero-order valence-electron chi connectivity index (χ0n) is 15.7. The molecule has 0 spiro atoms. The van der Waals surface area contributed by atoms with Crippen LogP contribution in [0.15, 0.2) is 36.4 Å². The van der Waals surface area contributed by atoms with Crippen molar-refractivity contribution in [2.75, 3.05) is 18.1 Å². The quantitative estimate of drug-likeness (QED) is 0.677. The van der Waals surface area contributed by atoms with Gasteiger partial charge in [-0.3, -0.25) is 9.59 Å². The Morgan fingerprint density at radius 3 is 2.54 bits per heavy atom. The van der Waals surface area contributed by atoms with E-state index in [0.717, 1.165) is 11.3 Å². The molecule has 7 heteroatoms. The lowest BCUT2D eigenvalue weighted by Gasteiger charge is -2.22. The van der Waals surface area contributed by atoms with Crippen molar-refractivity contribution in [3.63, 3.8) is 0 Å². The molecule has 0 bridgehead atoms. The molecule has 148 valence electrons. The molecule has 28 heavy (non-hydrogen) atoms. The summed E-state index contributed by atoms with van der Waals surface area (Å²) < 4.78 is 5.78. The van der Waals surface area contributed by atoms with Gasteiger partial charge in [0.05, 0.1) is 17.3 Å². The fourth-order valence-electron chi connectivity index (χ4n) is 3.49. The first-order valence-corrected chi connectivity index (χ1v) is 9.72. The van der Waals surface area contributed by atoms with Crippen molar-refractivity contribution in [2.45, 2.75) is 32.3 Å². The van der Waals surface area contributed by atoms with E-state index in [1.165, 1.54) is 17.9 Å². The summed E-state index contributed by atoms with van der Waals surface area (Å²) in [5.74, 6) is -0.129. The molecule has 1 heterocycles. The van der Waals surface area contributed by atoms with Gasteiger partial charge in [0.2, 0.25) is 0 Å². The highest BCUT2D eigenvalue weighted by Gasteiger charge is 2.52. The number of hydrogen-bond donors (Lipinski definition) is 1. The number of fused-ring (bicyclic) bond motifs is 1. The number of Topliss-reactive ketones (excluding diaryl/α,β-unsaturated/α-hetero) is 1. The Hall–Kier alpha value is -2.08. The van der Waals surface area contributed by atoms with Crippen molar-refractivity contribution >= 4 is 40.6 Å². The average Bonchev–Trinajstić information content (AvgIpc) is 2.85. The van der Waals surface area contributed by atoms with Crippen LogP contribution < -0.4 is 9.64 Å². The molecule has 1 aliphatic heterocycles. The minimum Gasteiger partial charge on any atom is -0.493 e. The van der Waals surface area contributed by atoms with E-state index in [1.54, 1.807) is 6.07 Å². The van der Waals surface area contributed by atoms with Gasteiger partial charge in [-0.15, -0.1) is 0 Å². The van der Waals surface area contributed by atoms with E-state index in [-0.39, 0.29) is 29.3 Å². The largest absolute Gasteiger partial charge is 0.493 e. The smallest absolute Gasteiger partial charge is 0.264 e. The summed E-state index contributed by atoms with van der Waals surface area (Å²) in [6.07, 6.45) is 0.160. The van der Waals surface area contributed by atoms with Crippen LogP contribution in [0.25, 0.3) is 0 Å². The monoisotopic (exact) mass is 421 g/mol. The van der Waals surface area contributed by atoms with Gasteiger partial charge < -0.3 is 14.7 Å². The maximum atomic E-state index is 13.0. The van der Waals surface area contributed by atoms with E-state index < -0.39 is 11.5 Å². The number of rotatable bonds is 7. The van der Waals surface area contributed by atoms with Gasteiger partial charge in [-0.05, 0) is 44.0 Å². The number of aliphatic hydroxyl groups is 1. The zero-order valence-corrected chi connectivity index (χ0v) is 17.2. The number of ketones is 1. The molecule has 1 amide bonds. The fourth-order valence-corrected chi connectivity index (χ4v) is 4.06.